The Hall–Kier alpha value is -0.435. The molecule has 1 aliphatic rings. The summed E-state index contributed by atoms with van der Waals surface area (Å²) in [5.41, 5.74) is 1.27. The second kappa shape index (κ2) is 6.62. The monoisotopic (exact) mass is 467 g/mol. The Morgan fingerprint density at radius 3 is 2.56 bits per heavy atom. The lowest BCUT2D eigenvalue weighted by Gasteiger charge is -2.38. The molecule has 1 fully saturated rings. The summed E-state index contributed by atoms with van der Waals surface area (Å²) in [4.78, 5) is 4.49. The summed E-state index contributed by atoms with van der Waals surface area (Å²) in [5, 5.41) is 1.45. The van der Waals surface area contributed by atoms with Gasteiger partial charge in [-0.25, -0.2) is 4.98 Å². The molecule has 1 saturated heterocycles. The number of fused-ring (bicyclic) bond motifs is 1. The molecular weight excluding hydrogens is 449 g/mol. The van der Waals surface area contributed by atoms with Crippen LogP contribution in [-0.2, 0) is 9.31 Å². The first-order valence-corrected chi connectivity index (χ1v) is 9.62. The summed E-state index contributed by atoms with van der Waals surface area (Å²) in [6, 6.07) is 5.68. The minimum Gasteiger partial charge on any atom is -0.481 e. The minimum absolute atomic E-state index is 0.239. The van der Waals surface area contributed by atoms with Crippen LogP contribution in [0.1, 0.15) is 26.3 Å². The number of benzene rings is 1. The summed E-state index contributed by atoms with van der Waals surface area (Å²) in [7, 11) is 7.16. The molecule has 0 bridgehead atoms. The number of hydrogen-bond acceptors (Lipinski definition) is 4. The Kier molecular flexibility index (Phi) is 5.12. The van der Waals surface area contributed by atoms with Gasteiger partial charge in [0.25, 0.3) is 0 Å². The van der Waals surface area contributed by atoms with Crippen molar-refractivity contribution in [3.05, 3.63) is 28.8 Å². The van der Waals surface area contributed by atoms with Crippen LogP contribution in [-0.4, -0.2) is 42.5 Å². The fourth-order valence-electron chi connectivity index (χ4n) is 2.98. The molecule has 3 rings (SSSR count). The zero-order valence-corrected chi connectivity index (χ0v) is 17.8. The third kappa shape index (κ3) is 3.09. The number of aromatic nitrogens is 1. The maximum atomic E-state index is 6.59. The predicted octanol–water partition coefficient (Wildman–Crippen LogP) is 3.12. The predicted molar refractivity (Wildman–Crippen MR) is 114 cm³/mol. The molecule has 2 aromatic rings. The summed E-state index contributed by atoms with van der Waals surface area (Å²) >= 11 is 8.76. The van der Waals surface area contributed by atoms with E-state index in [4.69, 9.17) is 33.4 Å². The second-order valence-corrected chi connectivity index (χ2v) is 8.65. The maximum Gasteiger partial charge on any atom is 0.495 e. The molecule has 1 atom stereocenters. The Bertz CT molecular complexity index is 836. The van der Waals surface area contributed by atoms with Crippen molar-refractivity contribution < 1.29 is 14.0 Å². The van der Waals surface area contributed by atoms with Gasteiger partial charge < -0.3 is 14.0 Å². The molecule has 0 N–H and O–H groups in total. The summed E-state index contributed by atoms with van der Waals surface area (Å²) in [6.45, 7) is 7.90. The largest absolute Gasteiger partial charge is 0.495 e. The van der Waals surface area contributed by atoms with Crippen LogP contribution in [0.2, 0.25) is 5.02 Å². The first-order valence-electron chi connectivity index (χ1n) is 8.00. The third-order valence-corrected chi connectivity index (χ3v) is 6.73. The van der Waals surface area contributed by atoms with Crippen LogP contribution in [0.15, 0.2) is 18.2 Å². The van der Waals surface area contributed by atoms with E-state index >= 15 is 0 Å². The highest BCUT2D eigenvalue weighted by molar-refractivity contribution is 14.1. The first-order chi connectivity index (χ1) is 11.6. The molecule has 2 heterocycles. The van der Waals surface area contributed by atoms with Crippen molar-refractivity contribution in [1.82, 2.24) is 4.98 Å². The Labute approximate surface area is 168 Å². The van der Waals surface area contributed by atoms with Gasteiger partial charge in [0.15, 0.2) is 0 Å². The lowest BCUT2D eigenvalue weighted by Crippen LogP contribution is -2.54. The molecule has 128 valence electrons. The topological polar surface area (TPSA) is 40.6 Å². The van der Waals surface area contributed by atoms with Crippen LogP contribution in [0.25, 0.3) is 10.9 Å². The average Bonchev–Trinajstić information content (AvgIpc) is 2.81. The SMILES string of the molecule is [B]B(I)C1(C)OB(c2cc(OC)nc3ccc(C)c(Cl)c23)OC1(C)C. The van der Waals surface area contributed by atoms with Crippen molar-refractivity contribution in [3.8, 4) is 5.88 Å². The van der Waals surface area contributed by atoms with Gasteiger partial charge in [-0.05, 0) is 44.8 Å². The van der Waals surface area contributed by atoms with Crippen LogP contribution >= 0.6 is 34.0 Å². The number of nitrogens with zero attached hydrogens (tertiary/aromatic N) is 1. The molecule has 1 unspecified atom stereocenters. The van der Waals surface area contributed by atoms with Gasteiger partial charge in [0.05, 0.1) is 28.8 Å². The Morgan fingerprint density at radius 2 is 2.00 bits per heavy atom. The fourth-order valence-corrected chi connectivity index (χ4v) is 4.15. The van der Waals surface area contributed by atoms with E-state index in [0.717, 1.165) is 21.9 Å². The van der Waals surface area contributed by atoms with Crippen LogP contribution in [0.5, 0.6) is 5.88 Å². The zero-order valence-electron chi connectivity index (χ0n) is 14.9. The molecule has 25 heavy (non-hydrogen) atoms. The molecule has 0 saturated carbocycles. The van der Waals surface area contributed by atoms with Crippen LogP contribution in [0.4, 0.5) is 0 Å². The van der Waals surface area contributed by atoms with Crippen molar-refractivity contribution in [3.63, 3.8) is 0 Å². The molecule has 1 aliphatic heterocycles. The molecule has 1 aromatic carbocycles. The van der Waals surface area contributed by atoms with Crippen molar-refractivity contribution in [2.75, 3.05) is 7.11 Å². The number of pyridine rings is 1. The fraction of sp³-hybridized carbons (Fsp3) is 0.438. The highest BCUT2D eigenvalue weighted by Crippen LogP contribution is 2.41. The number of aryl methyl sites for hydroxylation is 1. The van der Waals surface area contributed by atoms with E-state index in [9.17, 15) is 0 Å². The number of methoxy groups -OCH3 is 1. The Balaban J connectivity index is 2.21. The average molecular weight is 467 g/mol. The lowest BCUT2D eigenvalue weighted by atomic mass is 9.41. The van der Waals surface area contributed by atoms with Crippen molar-refractivity contribution >= 4 is 69.7 Å². The minimum atomic E-state index is -0.655. The maximum absolute atomic E-state index is 6.59. The quantitative estimate of drug-likeness (QED) is 0.514. The van der Waals surface area contributed by atoms with Crippen molar-refractivity contribution in [1.29, 1.82) is 0 Å². The van der Waals surface area contributed by atoms with Gasteiger partial charge in [-0.2, -0.15) is 22.4 Å². The zero-order chi connectivity index (χ0) is 18.6. The van der Waals surface area contributed by atoms with Crippen LogP contribution in [0.3, 0.4) is 0 Å². The van der Waals surface area contributed by atoms with Gasteiger partial charge in [0.1, 0.15) is 0 Å². The normalized spacial score (nSPS) is 22.4. The highest BCUT2D eigenvalue weighted by atomic mass is 127. The number of rotatable bonds is 3. The van der Waals surface area contributed by atoms with E-state index in [1.54, 1.807) is 7.11 Å². The van der Waals surface area contributed by atoms with Gasteiger partial charge >= 0.3 is 7.12 Å². The highest BCUT2D eigenvalue weighted by Gasteiger charge is 2.57. The van der Waals surface area contributed by atoms with Gasteiger partial charge in [-0.3, -0.25) is 0 Å². The van der Waals surface area contributed by atoms with Crippen LogP contribution < -0.4 is 10.2 Å². The second-order valence-electron chi connectivity index (χ2n) is 6.93. The molecule has 0 aliphatic carbocycles. The number of halogens is 2. The van der Waals surface area contributed by atoms with E-state index in [1.165, 1.54) is 0 Å². The van der Waals surface area contributed by atoms with Gasteiger partial charge in [-0.1, -0.05) is 17.7 Å². The molecule has 0 amide bonds. The van der Waals surface area contributed by atoms with E-state index in [0.29, 0.717) is 10.9 Å². The van der Waals surface area contributed by atoms with Crippen molar-refractivity contribution in [2.24, 2.45) is 0 Å². The van der Waals surface area contributed by atoms with Gasteiger partial charge in [0.2, 0.25) is 10.3 Å². The van der Waals surface area contributed by atoms with E-state index < -0.39 is 18.2 Å². The van der Waals surface area contributed by atoms with Crippen LogP contribution in [0, 0.1) is 6.92 Å². The molecule has 1 aromatic heterocycles. The van der Waals surface area contributed by atoms with E-state index in [-0.39, 0.29) is 4.46 Å². The molecular formula is C16H18B3ClINO3. The molecule has 4 nitrogen and oxygen atoms in total. The molecule has 9 heteroatoms. The number of hydrogen-bond donors (Lipinski definition) is 0. The number of ether oxygens (including phenoxy) is 1. The summed E-state index contributed by atoms with van der Waals surface area (Å²) in [5.74, 6) is 0.486. The van der Waals surface area contributed by atoms with E-state index in [2.05, 4.69) is 27.4 Å². The van der Waals surface area contributed by atoms with Gasteiger partial charge in [0, 0.05) is 19.2 Å². The smallest absolute Gasteiger partial charge is 0.481 e. The lowest BCUT2D eigenvalue weighted by molar-refractivity contribution is 0.0524. The molecule has 2 radical (unpaired) electrons. The third-order valence-electron chi connectivity index (χ3n) is 5.05. The summed E-state index contributed by atoms with van der Waals surface area (Å²) < 4.78 is 17.7. The Morgan fingerprint density at radius 1 is 1.32 bits per heavy atom. The molecule has 0 spiro atoms. The van der Waals surface area contributed by atoms with Crippen molar-refractivity contribution in [2.45, 2.75) is 38.8 Å². The first kappa shape index (κ1) is 19.3. The summed E-state index contributed by atoms with van der Waals surface area (Å²) in [6.07, 6.45) is 0. The van der Waals surface area contributed by atoms with Gasteiger partial charge in [-0.15, -0.1) is 0 Å². The van der Waals surface area contributed by atoms with E-state index in [1.807, 2.05) is 45.9 Å². The standard InChI is InChI=1S/C16H18B3ClINO3/c1-9-6-7-11-13(14(9)20)10(8-12(22-11)23-5)18-24-15(2,3)16(4,25-18)19(17)21/h6-8H,1-5H3.